The zero-order valence-corrected chi connectivity index (χ0v) is 13.1. The summed E-state index contributed by atoms with van der Waals surface area (Å²) in [5.74, 6) is -1.66. The first-order valence-electron chi connectivity index (χ1n) is 6.61. The molecule has 0 atom stereocenters. The van der Waals surface area contributed by atoms with Gasteiger partial charge in [0.15, 0.2) is 0 Å². The van der Waals surface area contributed by atoms with Crippen molar-refractivity contribution in [1.29, 1.82) is 0 Å². The summed E-state index contributed by atoms with van der Waals surface area (Å²) < 4.78 is 39.2. The van der Waals surface area contributed by atoms with Crippen LogP contribution in [0.25, 0.3) is 0 Å². The summed E-state index contributed by atoms with van der Waals surface area (Å²) in [7, 11) is 0. The summed E-state index contributed by atoms with van der Waals surface area (Å²) in [6.07, 6.45) is -2.71. The monoisotopic (exact) mass is 374 g/mol. The van der Waals surface area contributed by atoms with E-state index in [9.17, 15) is 27.6 Å². The maximum atomic E-state index is 12.8. The first kappa shape index (κ1) is 18.5. The number of rotatable bonds is 4. The van der Waals surface area contributed by atoms with Gasteiger partial charge in [-0.05, 0) is 18.2 Å². The third-order valence-electron chi connectivity index (χ3n) is 3.01. The van der Waals surface area contributed by atoms with Gasteiger partial charge in [0.25, 0.3) is 5.91 Å². The highest BCUT2D eigenvalue weighted by atomic mass is 35.5. The van der Waals surface area contributed by atoms with E-state index in [0.29, 0.717) is 6.07 Å². The van der Waals surface area contributed by atoms with Gasteiger partial charge >= 0.3 is 11.9 Å². The molecule has 1 aromatic heterocycles. The van der Waals surface area contributed by atoms with Crippen molar-refractivity contribution in [3.63, 3.8) is 0 Å². The number of nitrogens with one attached hydrogen (secondary N) is 1. The molecule has 0 aliphatic rings. The number of hydrogen-bond donors (Lipinski definition) is 2. The molecule has 1 heterocycles. The Kier molecular flexibility index (Phi) is 5.12. The van der Waals surface area contributed by atoms with Crippen LogP contribution in [0.5, 0.6) is 0 Å². The van der Waals surface area contributed by atoms with Crippen molar-refractivity contribution in [2.24, 2.45) is 5.73 Å². The summed E-state index contributed by atoms with van der Waals surface area (Å²) in [6.45, 7) is -0.572. The third-order valence-corrected chi connectivity index (χ3v) is 3.34. The highest BCUT2D eigenvalue weighted by molar-refractivity contribution is 6.31. The molecule has 0 unspecified atom stereocenters. The van der Waals surface area contributed by atoms with E-state index in [1.54, 1.807) is 0 Å². The number of aromatic nitrogens is 2. The number of halogens is 4. The summed E-state index contributed by atoms with van der Waals surface area (Å²) in [5, 5.41) is 1.69. The zero-order chi connectivity index (χ0) is 18.8. The third kappa shape index (κ3) is 4.57. The molecule has 2 amide bonds. The van der Waals surface area contributed by atoms with E-state index in [1.165, 1.54) is 6.07 Å². The highest BCUT2D eigenvalue weighted by Crippen LogP contribution is 2.36. The second-order valence-electron chi connectivity index (χ2n) is 4.86. The van der Waals surface area contributed by atoms with Gasteiger partial charge in [0, 0.05) is 18.1 Å². The van der Waals surface area contributed by atoms with Gasteiger partial charge in [0.1, 0.15) is 6.54 Å². The first-order valence-corrected chi connectivity index (χ1v) is 6.98. The van der Waals surface area contributed by atoms with Crippen molar-refractivity contribution in [2.45, 2.75) is 12.7 Å². The van der Waals surface area contributed by atoms with Gasteiger partial charge in [0.05, 0.1) is 16.1 Å². The summed E-state index contributed by atoms with van der Waals surface area (Å²) in [5.41, 5.74) is 2.85. The van der Waals surface area contributed by atoms with Crippen molar-refractivity contribution in [1.82, 2.24) is 9.55 Å². The minimum atomic E-state index is -4.69. The summed E-state index contributed by atoms with van der Waals surface area (Å²) in [6, 6.07) is 2.83. The highest BCUT2D eigenvalue weighted by Gasteiger charge is 2.33. The average Bonchev–Trinajstić information content (AvgIpc) is 2.50. The fraction of sp³-hybridized carbons (Fsp3) is 0.143. The van der Waals surface area contributed by atoms with Crippen LogP contribution in [0.4, 0.5) is 18.9 Å². The van der Waals surface area contributed by atoms with Crippen LogP contribution in [0.2, 0.25) is 5.02 Å². The smallest absolute Gasteiger partial charge is 0.366 e. The molecular formula is C14H10ClF3N4O3. The Bertz CT molecular complexity index is 896. The van der Waals surface area contributed by atoms with Gasteiger partial charge < -0.3 is 11.1 Å². The molecule has 0 saturated carbocycles. The quantitative estimate of drug-likeness (QED) is 0.848. The number of anilines is 1. The lowest BCUT2D eigenvalue weighted by atomic mass is 10.2. The standard InChI is InChI=1S/C14H10ClF3N4O3/c15-10-2-1-8(3-9(10)14(16,17)18)21-11(23)6-22-5-7(12(19)24)4-20-13(22)25/h1-5H,6H2,(H2,19,24)(H,21,23). The number of nitrogens with two attached hydrogens (primary N) is 1. The Hall–Kier alpha value is -2.88. The van der Waals surface area contributed by atoms with E-state index in [1.807, 2.05) is 0 Å². The molecule has 132 valence electrons. The summed E-state index contributed by atoms with van der Waals surface area (Å²) in [4.78, 5) is 37.9. The predicted octanol–water partition coefficient (Wildman–Crippen LogP) is 1.65. The van der Waals surface area contributed by atoms with Crippen LogP contribution in [0.3, 0.4) is 0 Å². The van der Waals surface area contributed by atoms with Crippen molar-refractivity contribution in [3.8, 4) is 0 Å². The van der Waals surface area contributed by atoms with Crippen LogP contribution in [-0.4, -0.2) is 21.4 Å². The molecule has 3 N–H and O–H groups in total. The second kappa shape index (κ2) is 6.93. The molecule has 11 heteroatoms. The van der Waals surface area contributed by atoms with Crippen LogP contribution in [0.1, 0.15) is 15.9 Å². The van der Waals surface area contributed by atoms with Gasteiger partial charge in [-0.2, -0.15) is 13.2 Å². The minimum Gasteiger partial charge on any atom is -0.366 e. The molecular weight excluding hydrogens is 365 g/mol. The maximum absolute atomic E-state index is 12.8. The normalized spacial score (nSPS) is 11.2. The van der Waals surface area contributed by atoms with E-state index in [4.69, 9.17) is 17.3 Å². The van der Waals surface area contributed by atoms with E-state index < -0.39 is 40.8 Å². The molecule has 0 radical (unpaired) electrons. The van der Waals surface area contributed by atoms with Gasteiger partial charge in [0.2, 0.25) is 5.91 Å². The Balaban J connectivity index is 2.20. The largest absolute Gasteiger partial charge is 0.417 e. The first-order chi connectivity index (χ1) is 11.6. The fourth-order valence-corrected chi connectivity index (χ4v) is 2.10. The Morgan fingerprint density at radius 1 is 1.32 bits per heavy atom. The van der Waals surface area contributed by atoms with Gasteiger partial charge in [-0.1, -0.05) is 11.6 Å². The van der Waals surface area contributed by atoms with Crippen LogP contribution in [-0.2, 0) is 17.5 Å². The zero-order valence-electron chi connectivity index (χ0n) is 12.3. The lowest BCUT2D eigenvalue weighted by Crippen LogP contribution is -2.30. The number of primary amides is 1. The molecule has 2 aromatic rings. The fourth-order valence-electron chi connectivity index (χ4n) is 1.87. The Labute approximate surface area is 143 Å². The number of alkyl halides is 3. The van der Waals surface area contributed by atoms with Gasteiger partial charge in [-0.15, -0.1) is 0 Å². The number of carbonyl (C=O) groups excluding carboxylic acids is 2. The predicted molar refractivity (Wildman–Crippen MR) is 82.1 cm³/mol. The van der Waals surface area contributed by atoms with Crippen molar-refractivity contribution in [3.05, 3.63) is 57.2 Å². The Morgan fingerprint density at radius 3 is 2.60 bits per heavy atom. The van der Waals surface area contributed by atoms with Crippen LogP contribution in [0.15, 0.2) is 35.4 Å². The lowest BCUT2D eigenvalue weighted by molar-refractivity contribution is -0.137. The molecule has 0 fully saturated rings. The lowest BCUT2D eigenvalue weighted by Gasteiger charge is -2.12. The molecule has 0 bridgehead atoms. The minimum absolute atomic E-state index is 0.0988. The van der Waals surface area contributed by atoms with Crippen molar-refractivity contribution >= 4 is 29.1 Å². The maximum Gasteiger partial charge on any atom is 0.417 e. The van der Waals surface area contributed by atoms with Crippen molar-refractivity contribution < 1.29 is 22.8 Å². The SMILES string of the molecule is NC(=O)c1cnc(=O)n(CC(=O)Nc2ccc(Cl)c(C(F)(F)F)c2)c1. The van der Waals surface area contributed by atoms with Crippen LogP contribution < -0.4 is 16.7 Å². The molecule has 0 aliphatic carbocycles. The number of carbonyl (C=O) groups is 2. The number of hydrogen-bond acceptors (Lipinski definition) is 4. The molecule has 1 aromatic carbocycles. The molecule has 25 heavy (non-hydrogen) atoms. The van der Waals surface area contributed by atoms with Crippen LogP contribution >= 0.6 is 11.6 Å². The number of benzene rings is 1. The summed E-state index contributed by atoms with van der Waals surface area (Å²) >= 11 is 5.48. The number of nitrogens with zero attached hydrogens (tertiary/aromatic N) is 2. The van der Waals surface area contributed by atoms with E-state index in [-0.39, 0.29) is 11.3 Å². The molecule has 7 nitrogen and oxygen atoms in total. The van der Waals surface area contributed by atoms with E-state index >= 15 is 0 Å². The topological polar surface area (TPSA) is 107 Å². The van der Waals surface area contributed by atoms with Gasteiger partial charge in [-0.3, -0.25) is 14.2 Å². The Morgan fingerprint density at radius 2 is 2.00 bits per heavy atom. The van der Waals surface area contributed by atoms with E-state index in [0.717, 1.165) is 23.0 Å². The average molecular weight is 375 g/mol. The van der Waals surface area contributed by atoms with Crippen LogP contribution in [0, 0.1) is 0 Å². The number of amides is 2. The molecule has 0 saturated heterocycles. The molecule has 0 aliphatic heterocycles. The molecule has 2 rings (SSSR count). The molecule has 0 spiro atoms. The van der Waals surface area contributed by atoms with E-state index in [2.05, 4.69) is 10.3 Å². The van der Waals surface area contributed by atoms with Crippen molar-refractivity contribution in [2.75, 3.05) is 5.32 Å². The van der Waals surface area contributed by atoms with Gasteiger partial charge in [-0.25, -0.2) is 9.78 Å². The second-order valence-corrected chi connectivity index (χ2v) is 5.27.